The smallest absolute Gasteiger partial charge is 0.304 e. The van der Waals surface area contributed by atoms with Gasteiger partial charge in [-0.25, -0.2) is 9.24 Å². The van der Waals surface area contributed by atoms with Gasteiger partial charge >= 0.3 is 10.2 Å². The number of amides is 1. The maximum Gasteiger partial charge on any atom is 0.304 e. The van der Waals surface area contributed by atoms with Gasteiger partial charge in [-0.3, -0.25) is 4.79 Å². The molecule has 0 spiro atoms. The fourth-order valence-corrected chi connectivity index (χ4v) is 4.70. The fraction of sp³-hybridized carbons (Fsp3) is 0.529. The van der Waals surface area contributed by atoms with Crippen molar-refractivity contribution in [1.82, 2.24) is 23.5 Å². The van der Waals surface area contributed by atoms with Crippen LogP contribution in [0.1, 0.15) is 23.2 Å². The monoisotopic (exact) mass is 392 g/mol. The molecule has 2 fully saturated rings. The van der Waals surface area contributed by atoms with E-state index in [1.165, 1.54) is 10.5 Å². The van der Waals surface area contributed by atoms with Crippen molar-refractivity contribution < 1.29 is 13.2 Å². The van der Waals surface area contributed by atoms with Gasteiger partial charge in [0.1, 0.15) is 0 Å². The third-order valence-electron chi connectivity index (χ3n) is 5.24. The fourth-order valence-electron chi connectivity index (χ4n) is 3.58. The number of nitrogens with one attached hydrogen (secondary N) is 1. The van der Waals surface area contributed by atoms with Crippen molar-refractivity contribution in [2.75, 3.05) is 51.2 Å². The van der Waals surface area contributed by atoms with Crippen LogP contribution in [-0.2, 0) is 10.2 Å². The molecule has 0 unspecified atom stereocenters. The average Bonchev–Trinajstić information content (AvgIpc) is 3.31. The van der Waals surface area contributed by atoms with Crippen LogP contribution in [0.4, 0.5) is 5.69 Å². The summed E-state index contributed by atoms with van der Waals surface area (Å²) in [7, 11) is -1.92. The largest absolute Gasteiger partial charge is 0.371 e. The molecule has 1 amide bonds. The molecule has 0 aromatic carbocycles. The van der Waals surface area contributed by atoms with E-state index < -0.39 is 16.1 Å². The third kappa shape index (κ3) is 3.64. The Bertz CT molecular complexity index is 943. The van der Waals surface area contributed by atoms with Gasteiger partial charge in [0.2, 0.25) is 0 Å². The number of rotatable bonds is 4. The number of nitrogens with zero attached hydrogens (tertiary/aromatic N) is 5. The molecule has 146 valence electrons. The van der Waals surface area contributed by atoms with Crippen LogP contribution in [-0.4, -0.2) is 79.5 Å². The van der Waals surface area contributed by atoms with Crippen molar-refractivity contribution in [3.63, 3.8) is 0 Å². The maximum atomic E-state index is 12.7. The summed E-state index contributed by atoms with van der Waals surface area (Å²) in [5.41, 5.74) is 1.88. The van der Waals surface area contributed by atoms with E-state index in [9.17, 15) is 13.2 Å². The van der Waals surface area contributed by atoms with E-state index in [0.717, 1.165) is 31.6 Å². The Morgan fingerprint density at radius 2 is 1.81 bits per heavy atom. The number of carbonyl (C=O) groups excluding carboxylic acids is 1. The molecule has 2 aromatic heterocycles. The highest BCUT2D eigenvalue weighted by molar-refractivity contribution is 7.87. The van der Waals surface area contributed by atoms with Gasteiger partial charge in [0.15, 0.2) is 0 Å². The normalized spacial score (nSPS) is 19.7. The maximum absolute atomic E-state index is 12.7. The van der Waals surface area contributed by atoms with Crippen molar-refractivity contribution in [2.45, 2.75) is 12.8 Å². The Balaban J connectivity index is 1.56. The van der Waals surface area contributed by atoms with Crippen LogP contribution >= 0.6 is 0 Å². The molecule has 27 heavy (non-hydrogen) atoms. The third-order valence-corrected chi connectivity index (χ3v) is 6.73. The van der Waals surface area contributed by atoms with Crippen LogP contribution in [0.5, 0.6) is 0 Å². The number of carbonyl (C=O) groups is 1. The molecule has 2 aliphatic heterocycles. The number of hydrogen-bond donors (Lipinski definition) is 1. The van der Waals surface area contributed by atoms with Crippen LogP contribution in [0.15, 0.2) is 24.5 Å². The number of hydrogen-bond acceptors (Lipinski definition) is 6. The lowest BCUT2D eigenvalue weighted by Gasteiger charge is -2.31. The lowest BCUT2D eigenvalue weighted by atomic mass is 10.2. The number of piperazine rings is 1. The Morgan fingerprint density at radius 1 is 1.11 bits per heavy atom. The molecule has 2 saturated heterocycles. The first-order valence-corrected chi connectivity index (χ1v) is 10.6. The Hall–Kier alpha value is -2.17. The molecule has 0 saturated carbocycles. The summed E-state index contributed by atoms with van der Waals surface area (Å²) in [6.07, 6.45) is 5.52. The zero-order chi connectivity index (χ0) is 19.0. The van der Waals surface area contributed by atoms with Crippen molar-refractivity contribution >= 4 is 27.3 Å². The van der Waals surface area contributed by atoms with Gasteiger partial charge in [0, 0.05) is 51.2 Å². The summed E-state index contributed by atoms with van der Waals surface area (Å²) in [6.45, 7) is 4.00. The standard InChI is InChI=1S/C17H24N6O3S/c1-20-8-10-22(11-9-20)27(25,26)19-17(24)15-13-18-23-7-4-14(12-16(15)23)21-5-2-3-6-21/h4,7,12-13H,2-3,5-6,8-11H2,1H3,(H,19,24). The topological polar surface area (TPSA) is 90.3 Å². The van der Waals surface area contributed by atoms with Crippen LogP contribution in [0.3, 0.4) is 0 Å². The lowest BCUT2D eigenvalue weighted by molar-refractivity contribution is 0.0979. The van der Waals surface area contributed by atoms with E-state index in [4.69, 9.17) is 0 Å². The van der Waals surface area contributed by atoms with Crippen molar-refractivity contribution in [2.24, 2.45) is 0 Å². The highest BCUT2D eigenvalue weighted by Gasteiger charge is 2.28. The number of anilines is 1. The summed E-state index contributed by atoms with van der Waals surface area (Å²) >= 11 is 0. The molecular formula is C17H24N6O3S. The molecule has 0 radical (unpaired) electrons. The number of likely N-dealkylation sites (N-methyl/N-ethyl adjacent to an activating group) is 1. The minimum absolute atomic E-state index is 0.258. The minimum atomic E-state index is -3.87. The predicted molar refractivity (Wildman–Crippen MR) is 102 cm³/mol. The number of pyridine rings is 1. The van der Waals surface area contributed by atoms with Crippen molar-refractivity contribution in [1.29, 1.82) is 0 Å². The summed E-state index contributed by atoms with van der Waals surface area (Å²) < 4.78 is 30.2. The second-order valence-electron chi connectivity index (χ2n) is 7.11. The zero-order valence-corrected chi connectivity index (χ0v) is 16.2. The molecule has 1 N–H and O–H groups in total. The van der Waals surface area contributed by atoms with Gasteiger partial charge < -0.3 is 9.80 Å². The van der Waals surface area contributed by atoms with Crippen molar-refractivity contribution in [3.05, 3.63) is 30.1 Å². The molecule has 0 bridgehead atoms. The van der Waals surface area contributed by atoms with Gasteiger partial charge in [0.05, 0.1) is 17.3 Å². The average molecular weight is 392 g/mol. The van der Waals surface area contributed by atoms with Crippen LogP contribution < -0.4 is 9.62 Å². The Morgan fingerprint density at radius 3 is 2.52 bits per heavy atom. The summed E-state index contributed by atoms with van der Waals surface area (Å²) in [5.74, 6) is -0.650. The first-order chi connectivity index (χ1) is 12.9. The second-order valence-corrected chi connectivity index (χ2v) is 8.78. The molecule has 4 rings (SSSR count). The lowest BCUT2D eigenvalue weighted by Crippen LogP contribution is -2.52. The van der Waals surface area contributed by atoms with Crippen LogP contribution in [0, 0.1) is 0 Å². The molecule has 9 nitrogen and oxygen atoms in total. The first kappa shape index (κ1) is 18.2. The van der Waals surface area contributed by atoms with E-state index in [1.54, 1.807) is 10.7 Å². The minimum Gasteiger partial charge on any atom is -0.371 e. The van der Waals surface area contributed by atoms with Gasteiger partial charge in [-0.2, -0.15) is 17.8 Å². The van der Waals surface area contributed by atoms with E-state index >= 15 is 0 Å². The second kappa shape index (κ2) is 7.10. The van der Waals surface area contributed by atoms with E-state index in [-0.39, 0.29) is 5.56 Å². The SMILES string of the molecule is CN1CCN(S(=O)(=O)NC(=O)c2cnn3ccc(N4CCCC4)cc23)CC1. The molecule has 2 aliphatic rings. The number of fused-ring (bicyclic) bond motifs is 1. The molecule has 0 aliphatic carbocycles. The predicted octanol–water partition coefficient (Wildman–Crippen LogP) is 0.157. The van der Waals surface area contributed by atoms with Gasteiger partial charge in [-0.15, -0.1) is 0 Å². The van der Waals surface area contributed by atoms with E-state index in [2.05, 4.69) is 19.6 Å². The number of aromatic nitrogens is 2. The highest BCUT2D eigenvalue weighted by atomic mass is 32.2. The molecular weight excluding hydrogens is 368 g/mol. The van der Waals surface area contributed by atoms with Crippen LogP contribution in [0.2, 0.25) is 0 Å². The molecule has 4 heterocycles. The summed E-state index contributed by atoms with van der Waals surface area (Å²) in [6, 6.07) is 3.86. The van der Waals surface area contributed by atoms with Crippen LogP contribution in [0.25, 0.3) is 5.52 Å². The van der Waals surface area contributed by atoms with Crippen molar-refractivity contribution in [3.8, 4) is 0 Å². The molecule has 0 atom stereocenters. The Labute approximate surface area is 158 Å². The van der Waals surface area contributed by atoms with Gasteiger partial charge in [0.25, 0.3) is 5.91 Å². The zero-order valence-electron chi connectivity index (χ0n) is 15.3. The summed E-state index contributed by atoms with van der Waals surface area (Å²) in [5, 5.41) is 4.18. The van der Waals surface area contributed by atoms with Gasteiger partial charge in [-0.1, -0.05) is 0 Å². The molecule has 2 aromatic rings. The van der Waals surface area contributed by atoms with E-state index in [0.29, 0.717) is 31.7 Å². The first-order valence-electron chi connectivity index (χ1n) is 9.17. The highest BCUT2D eigenvalue weighted by Crippen LogP contribution is 2.23. The molecule has 10 heteroatoms. The van der Waals surface area contributed by atoms with E-state index in [1.807, 2.05) is 19.2 Å². The van der Waals surface area contributed by atoms with Gasteiger partial charge in [-0.05, 0) is 32.0 Å². The summed E-state index contributed by atoms with van der Waals surface area (Å²) in [4.78, 5) is 17.0. The quantitative estimate of drug-likeness (QED) is 0.797. The Kier molecular flexibility index (Phi) is 4.79.